The fourth-order valence-electron chi connectivity index (χ4n) is 2.20. The lowest BCUT2D eigenvalue weighted by Crippen LogP contribution is -2.01. The van der Waals surface area contributed by atoms with Gasteiger partial charge in [-0.05, 0) is 53.2 Å². The Balaban J connectivity index is 2.40. The fourth-order valence-corrected chi connectivity index (χ4v) is 2.72. The van der Waals surface area contributed by atoms with Gasteiger partial charge in [-0.2, -0.15) is 0 Å². The van der Waals surface area contributed by atoms with Crippen LogP contribution >= 0.6 is 15.9 Å². The smallest absolute Gasteiger partial charge is 0.148 e. The first kappa shape index (κ1) is 12.2. The Morgan fingerprint density at radius 3 is 2.79 bits per heavy atom. The molecule has 2 aromatic carbocycles. The molecule has 3 aromatic rings. The van der Waals surface area contributed by atoms with Crippen LogP contribution in [0.5, 0.6) is 0 Å². The summed E-state index contributed by atoms with van der Waals surface area (Å²) in [5, 5.41) is 0. The molecule has 19 heavy (non-hydrogen) atoms. The molecule has 0 saturated heterocycles. The predicted octanol–water partition coefficient (Wildman–Crippen LogP) is 3.82. The number of benzene rings is 2. The number of nitrogens with zero attached hydrogens (tertiary/aromatic N) is 2. The molecule has 1 aromatic heterocycles. The van der Waals surface area contributed by atoms with Gasteiger partial charge < -0.3 is 5.73 Å². The number of imidazole rings is 1. The van der Waals surface area contributed by atoms with Gasteiger partial charge in [0.15, 0.2) is 0 Å². The number of rotatable bonds is 1. The Hall–Kier alpha value is -1.88. The molecule has 0 unspecified atom stereocenters. The van der Waals surface area contributed by atoms with E-state index in [2.05, 4.69) is 20.9 Å². The third-order valence-corrected chi connectivity index (χ3v) is 3.65. The largest absolute Gasteiger partial charge is 0.399 e. The second kappa shape index (κ2) is 4.35. The van der Waals surface area contributed by atoms with E-state index in [0.29, 0.717) is 21.7 Å². The standard InChI is InChI=1S/C14H11BrFN3/c1-8-18-12-7-9(17)5-6-13(12)19(8)14-10(15)3-2-4-11(14)16/h2-7H,17H2,1H3. The molecule has 96 valence electrons. The van der Waals surface area contributed by atoms with Crippen LogP contribution in [0, 0.1) is 12.7 Å². The van der Waals surface area contributed by atoms with Crippen molar-refractivity contribution in [2.45, 2.75) is 6.92 Å². The Morgan fingerprint density at radius 1 is 1.26 bits per heavy atom. The third kappa shape index (κ3) is 1.90. The van der Waals surface area contributed by atoms with Crippen molar-refractivity contribution in [3.05, 3.63) is 52.5 Å². The molecule has 1 heterocycles. The Kier molecular flexibility index (Phi) is 2.78. The molecule has 0 spiro atoms. The van der Waals surface area contributed by atoms with E-state index < -0.39 is 0 Å². The number of nitrogen functional groups attached to an aromatic ring is 1. The van der Waals surface area contributed by atoms with Gasteiger partial charge in [0.05, 0.1) is 16.7 Å². The summed E-state index contributed by atoms with van der Waals surface area (Å²) in [5.74, 6) is 0.417. The minimum Gasteiger partial charge on any atom is -0.399 e. The van der Waals surface area contributed by atoms with Crippen molar-refractivity contribution in [3.8, 4) is 5.69 Å². The second-order valence-electron chi connectivity index (χ2n) is 4.31. The highest BCUT2D eigenvalue weighted by molar-refractivity contribution is 9.10. The zero-order valence-corrected chi connectivity index (χ0v) is 11.8. The summed E-state index contributed by atoms with van der Waals surface area (Å²) in [5.41, 5.74) is 8.45. The summed E-state index contributed by atoms with van der Waals surface area (Å²) >= 11 is 3.39. The average molecular weight is 320 g/mol. The van der Waals surface area contributed by atoms with Crippen LogP contribution in [0.15, 0.2) is 40.9 Å². The quantitative estimate of drug-likeness (QED) is 0.693. The maximum Gasteiger partial charge on any atom is 0.148 e. The van der Waals surface area contributed by atoms with Crippen molar-refractivity contribution < 1.29 is 4.39 Å². The molecule has 0 amide bonds. The van der Waals surface area contributed by atoms with Crippen LogP contribution in [0.25, 0.3) is 16.7 Å². The monoisotopic (exact) mass is 319 g/mol. The van der Waals surface area contributed by atoms with Gasteiger partial charge in [0.2, 0.25) is 0 Å². The summed E-state index contributed by atoms with van der Waals surface area (Å²) < 4.78 is 16.6. The number of para-hydroxylation sites is 1. The first-order valence-corrected chi connectivity index (χ1v) is 6.56. The van der Waals surface area contributed by atoms with Crippen LogP contribution < -0.4 is 5.73 Å². The highest BCUT2D eigenvalue weighted by atomic mass is 79.9. The van der Waals surface area contributed by atoms with Crippen LogP contribution in [0.4, 0.5) is 10.1 Å². The summed E-state index contributed by atoms with van der Waals surface area (Å²) in [6, 6.07) is 10.3. The Bertz CT molecular complexity index is 759. The van der Waals surface area contributed by atoms with Crippen molar-refractivity contribution in [1.29, 1.82) is 0 Å². The fraction of sp³-hybridized carbons (Fsp3) is 0.0714. The van der Waals surface area contributed by atoms with Gasteiger partial charge in [0, 0.05) is 10.2 Å². The topological polar surface area (TPSA) is 43.8 Å². The summed E-state index contributed by atoms with van der Waals surface area (Å²) in [4.78, 5) is 4.43. The highest BCUT2D eigenvalue weighted by Crippen LogP contribution is 2.29. The number of hydrogen-bond donors (Lipinski definition) is 1. The van der Waals surface area contributed by atoms with Gasteiger partial charge in [0.1, 0.15) is 11.6 Å². The molecule has 3 nitrogen and oxygen atoms in total. The van der Waals surface area contributed by atoms with Crippen LogP contribution in [0.2, 0.25) is 0 Å². The van der Waals surface area contributed by atoms with Gasteiger partial charge >= 0.3 is 0 Å². The summed E-state index contributed by atoms with van der Waals surface area (Å²) in [6.07, 6.45) is 0. The Labute approximate surface area is 118 Å². The van der Waals surface area contributed by atoms with Crippen LogP contribution in [0.3, 0.4) is 0 Å². The molecular weight excluding hydrogens is 309 g/mol. The molecule has 0 aliphatic heterocycles. The lowest BCUT2D eigenvalue weighted by atomic mass is 10.2. The Morgan fingerprint density at radius 2 is 2.05 bits per heavy atom. The van der Waals surface area contributed by atoms with E-state index in [0.717, 1.165) is 11.0 Å². The molecule has 0 aliphatic rings. The molecule has 3 rings (SSSR count). The molecule has 0 bridgehead atoms. The molecule has 2 N–H and O–H groups in total. The first-order valence-electron chi connectivity index (χ1n) is 5.77. The summed E-state index contributed by atoms with van der Waals surface area (Å²) in [7, 11) is 0. The molecule has 0 fully saturated rings. The van der Waals surface area contributed by atoms with Gasteiger partial charge in [-0.15, -0.1) is 0 Å². The second-order valence-corrected chi connectivity index (χ2v) is 5.17. The molecular formula is C14H11BrFN3. The normalized spacial score (nSPS) is 11.1. The molecule has 0 aliphatic carbocycles. The van der Waals surface area contributed by atoms with E-state index in [1.54, 1.807) is 28.8 Å². The lowest BCUT2D eigenvalue weighted by Gasteiger charge is -2.10. The number of aryl methyl sites for hydroxylation is 1. The number of halogens is 2. The minimum absolute atomic E-state index is 0.298. The van der Waals surface area contributed by atoms with Crippen molar-refractivity contribution >= 4 is 32.7 Å². The zero-order valence-electron chi connectivity index (χ0n) is 10.2. The molecule has 0 saturated carbocycles. The minimum atomic E-state index is -0.298. The van der Waals surface area contributed by atoms with Crippen LogP contribution in [0.1, 0.15) is 5.82 Å². The van der Waals surface area contributed by atoms with E-state index >= 15 is 0 Å². The predicted molar refractivity (Wildman–Crippen MR) is 77.9 cm³/mol. The van der Waals surface area contributed by atoms with Crippen LogP contribution in [-0.4, -0.2) is 9.55 Å². The van der Waals surface area contributed by atoms with E-state index in [9.17, 15) is 4.39 Å². The summed E-state index contributed by atoms with van der Waals surface area (Å²) in [6.45, 7) is 1.84. The molecule has 5 heteroatoms. The van der Waals surface area contributed by atoms with Crippen molar-refractivity contribution in [3.63, 3.8) is 0 Å². The van der Waals surface area contributed by atoms with Crippen molar-refractivity contribution in [2.75, 3.05) is 5.73 Å². The van der Waals surface area contributed by atoms with E-state index in [1.165, 1.54) is 6.07 Å². The van der Waals surface area contributed by atoms with Crippen LogP contribution in [-0.2, 0) is 0 Å². The van der Waals surface area contributed by atoms with Gasteiger partial charge in [-0.25, -0.2) is 9.37 Å². The van der Waals surface area contributed by atoms with E-state index in [1.807, 2.05) is 13.0 Å². The van der Waals surface area contributed by atoms with Crippen molar-refractivity contribution in [1.82, 2.24) is 9.55 Å². The SMILES string of the molecule is Cc1nc2cc(N)ccc2n1-c1c(F)cccc1Br. The zero-order chi connectivity index (χ0) is 13.6. The number of fused-ring (bicyclic) bond motifs is 1. The maximum absolute atomic E-state index is 14.1. The van der Waals surface area contributed by atoms with Crippen molar-refractivity contribution in [2.24, 2.45) is 0 Å². The average Bonchev–Trinajstić information content (AvgIpc) is 2.65. The highest BCUT2D eigenvalue weighted by Gasteiger charge is 2.15. The number of nitrogens with two attached hydrogens (primary N) is 1. The van der Waals surface area contributed by atoms with Gasteiger partial charge in [-0.1, -0.05) is 6.07 Å². The number of aromatic nitrogens is 2. The number of hydrogen-bond acceptors (Lipinski definition) is 2. The van der Waals surface area contributed by atoms with Gasteiger partial charge in [0.25, 0.3) is 0 Å². The molecule has 0 atom stereocenters. The molecule has 0 radical (unpaired) electrons. The van der Waals surface area contributed by atoms with Gasteiger partial charge in [-0.3, -0.25) is 4.57 Å². The third-order valence-electron chi connectivity index (χ3n) is 3.01. The maximum atomic E-state index is 14.1. The lowest BCUT2D eigenvalue weighted by molar-refractivity contribution is 0.617. The van der Waals surface area contributed by atoms with E-state index in [4.69, 9.17) is 5.73 Å². The van der Waals surface area contributed by atoms with E-state index in [-0.39, 0.29) is 5.82 Å². The number of anilines is 1. The first-order chi connectivity index (χ1) is 9.08.